The molecule has 3 aromatic carbocycles. The van der Waals surface area contributed by atoms with Crippen molar-refractivity contribution in [2.45, 2.75) is 6.54 Å². The molecule has 0 aliphatic carbocycles. The number of primary amides is 1. The Bertz CT molecular complexity index is 1300. The minimum Gasteiger partial charge on any atom is -0.366 e. The molecule has 3 nitrogen and oxygen atoms in total. The van der Waals surface area contributed by atoms with Gasteiger partial charge in [-0.25, -0.2) is 0 Å². The number of hydrogen-bond donors (Lipinski definition) is 1. The minimum absolute atomic E-state index is 0.395. The average Bonchev–Trinajstić information content (AvgIpc) is 3.35. The number of nitrogens with two attached hydrogens (primary N) is 1. The summed E-state index contributed by atoms with van der Waals surface area (Å²) in [6.45, 7) is 0.762. The van der Waals surface area contributed by atoms with E-state index in [1.807, 2.05) is 30.3 Å². The third-order valence-corrected chi connectivity index (χ3v) is 6.02. The molecule has 0 saturated carbocycles. The van der Waals surface area contributed by atoms with Crippen LogP contribution in [0.4, 0.5) is 0 Å². The molecule has 0 fully saturated rings. The van der Waals surface area contributed by atoms with Crippen LogP contribution in [0.1, 0.15) is 15.2 Å². The molecule has 0 atom stereocenters. The van der Waals surface area contributed by atoms with E-state index in [2.05, 4.69) is 58.5 Å². The van der Waals surface area contributed by atoms with Gasteiger partial charge in [0.1, 0.15) is 0 Å². The van der Waals surface area contributed by atoms with E-state index in [0.717, 1.165) is 33.9 Å². The standard InChI is InChI=1S/C24H18N2OS/c25-24(27)20-9-4-10-21-23(20)19-12-11-17(16-6-2-1-3-7-16)14-22(19)26(21)15-18-8-5-13-28-18/h1-14H,15H2,(H2,25,27). The first-order valence-electron chi connectivity index (χ1n) is 9.15. The van der Waals surface area contributed by atoms with Gasteiger partial charge in [0.25, 0.3) is 0 Å². The molecule has 1 amide bonds. The number of benzene rings is 3. The molecule has 0 aliphatic heterocycles. The second-order valence-corrected chi connectivity index (χ2v) is 7.86. The normalized spacial score (nSPS) is 11.3. The average molecular weight is 382 g/mol. The summed E-state index contributed by atoms with van der Waals surface area (Å²) in [7, 11) is 0. The van der Waals surface area contributed by atoms with Gasteiger partial charge in [-0.3, -0.25) is 4.79 Å². The smallest absolute Gasteiger partial charge is 0.249 e. The zero-order valence-corrected chi connectivity index (χ0v) is 15.9. The van der Waals surface area contributed by atoms with Gasteiger partial charge in [-0.05, 0) is 40.8 Å². The molecular formula is C24H18N2OS. The zero-order valence-electron chi connectivity index (χ0n) is 15.1. The fourth-order valence-electron chi connectivity index (χ4n) is 3.89. The van der Waals surface area contributed by atoms with Crippen LogP contribution in [0, 0.1) is 0 Å². The summed E-state index contributed by atoms with van der Waals surface area (Å²) in [6.07, 6.45) is 0. The van der Waals surface area contributed by atoms with Crippen molar-refractivity contribution in [3.8, 4) is 11.1 Å². The predicted molar refractivity (Wildman–Crippen MR) is 117 cm³/mol. The van der Waals surface area contributed by atoms with E-state index in [1.54, 1.807) is 11.3 Å². The molecule has 0 bridgehead atoms. The maximum Gasteiger partial charge on any atom is 0.249 e. The predicted octanol–water partition coefficient (Wildman–Crippen LogP) is 5.67. The summed E-state index contributed by atoms with van der Waals surface area (Å²) in [5.74, 6) is -0.395. The molecule has 0 aliphatic rings. The van der Waals surface area contributed by atoms with Gasteiger partial charge in [-0.2, -0.15) is 0 Å². The number of nitrogens with zero attached hydrogens (tertiary/aromatic N) is 1. The monoisotopic (exact) mass is 382 g/mol. The van der Waals surface area contributed by atoms with Crippen molar-refractivity contribution in [1.82, 2.24) is 4.57 Å². The van der Waals surface area contributed by atoms with Gasteiger partial charge in [-0.15, -0.1) is 11.3 Å². The first kappa shape index (κ1) is 16.8. The van der Waals surface area contributed by atoms with Crippen LogP contribution in [0.3, 0.4) is 0 Å². The quantitative estimate of drug-likeness (QED) is 0.428. The van der Waals surface area contributed by atoms with Crippen molar-refractivity contribution in [1.29, 1.82) is 0 Å². The second-order valence-electron chi connectivity index (χ2n) is 6.83. The molecule has 2 heterocycles. The Balaban J connectivity index is 1.84. The fourth-order valence-corrected chi connectivity index (χ4v) is 4.58. The van der Waals surface area contributed by atoms with Crippen molar-refractivity contribution in [3.63, 3.8) is 0 Å². The van der Waals surface area contributed by atoms with Crippen LogP contribution in [-0.2, 0) is 6.54 Å². The highest BCUT2D eigenvalue weighted by Crippen LogP contribution is 2.35. The number of thiophene rings is 1. The fraction of sp³-hybridized carbons (Fsp3) is 0.0417. The maximum atomic E-state index is 12.1. The molecule has 2 N–H and O–H groups in total. The van der Waals surface area contributed by atoms with Crippen LogP contribution in [0.15, 0.2) is 84.2 Å². The van der Waals surface area contributed by atoms with E-state index >= 15 is 0 Å². The molecule has 136 valence electrons. The summed E-state index contributed by atoms with van der Waals surface area (Å²) in [5, 5.41) is 4.08. The van der Waals surface area contributed by atoms with Crippen LogP contribution < -0.4 is 5.73 Å². The van der Waals surface area contributed by atoms with E-state index in [4.69, 9.17) is 5.73 Å². The lowest BCUT2D eigenvalue weighted by atomic mass is 10.0. The molecule has 2 aromatic heterocycles. The molecule has 0 saturated heterocycles. The molecule has 0 radical (unpaired) electrons. The summed E-state index contributed by atoms with van der Waals surface area (Å²) in [5.41, 5.74) is 10.7. The minimum atomic E-state index is -0.395. The van der Waals surface area contributed by atoms with Crippen LogP contribution >= 0.6 is 11.3 Å². The topological polar surface area (TPSA) is 48.0 Å². The Hall–Kier alpha value is -3.37. The number of aromatic nitrogens is 1. The van der Waals surface area contributed by atoms with E-state index in [-0.39, 0.29) is 0 Å². The van der Waals surface area contributed by atoms with E-state index < -0.39 is 5.91 Å². The summed E-state index contributed by atoms with van der Waals surface area (Å²) < 4.78 is 2.29. The van der Waals surface area contributed by atoms with Crippen LogP contribution in [0.2, 0.25) is 0 Å². The third kappa shape index (κ3) is 2.70. The Morgan fingerprint density at radius 1 is 0.857 bits per heavy atom. The second kappa shape index (κ2) is 6.66. The highest BCUT2D eigenvalue weighted by molar-refractivity contribution is 7.09. The number of carbonyl (C=O) groups is 1. The zero-order chi connectivity index (χ0) is 19.1. The third-order valence-electron chi connectivity index (χ3n) is 5.16. The number of amides is 1. The highest BCUT2D eigenvalue weighted by Gasteiger charge is 2.17. The lowest BCUT2D eigenvalue weighted by molar-refractivity contribution is 0.100. The molecule has 28 heavy (non-hydrogen) atoms. The first-order valence-corrected chi connectivity index (χ1v) is 10.0. The van der Waals surface area contributed by atoms with Gasteiger partial charge >= 0.3 is 0 Å². The van der Waals surface area contributed by atoms with E-state index in [9.17, 15) is 4.79 Å². The number of carbonyl (C=O) groups excluding carboxylic acids is 1. The Morgan fingerprint density at radius 2 is 1.71 bits per heavy atom. The Kier molecular flexibility index (Phi) is 3.99. The van der Waals surface area contributed by atoms with Gasteiger partial charge in [0, 0.05) is 21.2 Å². The lowest BCUT2D eigenvalue weighted by Gasteiger charge is -2.08. The molecule has 0 unspecified atom stereocenters. The number of hydrogen-bond acceptors (Lipinski definition) is 2. The molecular weight excluding hydrogens is 364 g/mol. The number of rotatable bonds is 4. The largest absolute Gasteiger partial charge is 0.366 e. The maximum absolute atomic E-state index is 12.1. The molecule has 0 spiro atoms. The van der Waals surface area contributed by atoms with Crippen LogP contribution in [0.25, 0.3) is 32.9 Å². The van der Waals surface area contributed by atoms with Gasteiger partial charge in [-0.1, -0.05) is 54.6 Å². The summed E-state index contributed by atoms with van der Waals surface area (Å²) >= 11 is 1.74. The van der Waals surface area contributed by atoms with E-state index in [1.165, 1.54) is 10.4 Å². The Labute approximate surface area is 166 Å². The van der Waals surface area contributed by atoms with Gasteiger partial charge < -0.3 is 10.3 Å². The van der Waals surface area contributed by atoms with Crippen molar-refractivity contribution in [3.05, 3.63) is 94.7 Å². The first-order chi connectivity index (χ1) is 13.7. The highest BCUT2D eigenvalue weighted by atomic mass is 32.1. The number of fused-ring (bicyclic) bond motifs is 3. The summed E-state index contributed by atoms with van der Waals surface area (Å²) in [6, 6.07) is 26.8. The Morgan fingerprint density at radius 3 is 2.46 bits per heavy atom. The van der Waals surface area contributed by atoms with Crippen molar-refractivity contribution in [2.24, 2.45) is 5.73 Å². The SMILES string of the molecule is NC(=O)c1cccc2c1c1ccc(-c3ccccc3)cc1n2Cc1cccs1. The van der Waals surface area contributed by atoms with Crippen LogP contribution in [-0.4, -0.2) is 10.5 Å². The van der Waals surface area contributed by atoms with E-state index in [0.29, 0.717) is 5.56 Å². The van der Waals surface area contributed by atoms with Gasteiger partial charge in [0.15, 0.2) is 0 Å². The van der Waals surface area contributed by atoms with Gasteiger partial charge in [0.05, 0.1) is 17.6 Å². The van der Waals surface area contributed by atoms with Gasteiger partial charge in [0.2, 0.25) is 5.91 Å². The molecule has 5 rings (SSSR count). The van der Waals surface area contributed by atoms with Crippen LogP contribution in [0.5, 0.6) is 0 Å². The molecule has 4 heteroatoms. The van der Waals surface area contributed by atoms with Crippen molar-refractivity contribution >= 4 is 39.0 Å². The van der Waals surface area contributed by atoms with Crippen molar-refractivity contribution in [2.75, 3.05) is 0 Å². The lowest BCUT2D eigenvalue weighted by Crippen LogP contribution is -2.11. The molecule has 5 aromatic rings. The van der Waals surface area contributed by atoms with Crippen molar-refractivity contribution < 1.29 is 4.79 Å². The summed E-state index contributed by atoms with van der Waals surface area (Å²) in [4.78, 5) is 13.4.